The SMILES string of the molecule is O=C(O)C1CCN(Cc2ccc(F)c3cccnc23)CC1. The van der Waals surface area contributed by atoms with Crippen LogP contribution in [0.2, 0.25) is 0 Å². The first-order chi connectivity index (χ1) is 10.1. The molecule has 110 valence electrons. The number of carboxylic acid groups (broad SMARTS) is 1. The fraction of sp³-hybridized carbons (Fsp3) is 0.375. The van der Waals surface area contributed by atoms with Crippen molar-refractivity contribution in [1.82, 2.24) is 9.88 Å². The first-order valence-electron chi connectivity index (χ1n) is 7.12. The first-order valence-corrected chi connectivity index (χ1v) is 7.12. The molecule has 0 radical (unpaired) electrons. The second-order valence-electron chi connectivity index (χ2n) is 5.49. The maximum Gasteiger partial charge on any atom is 0.306 e. The molecule has 4 nitrogen and oxygen atoms in total. The van der Waals surface area contributed by atoms with Gasteiger partial charge in [-0.1, -0.05) is 6.07 Å². The Bertz CT molecular complexity index is 666. The van der Waals surface area contributed by atoms with E-state index in [0.29, 0.717) is 30.3 Å². The van der Waals surface area contributed by atoms with Crippen LogP contribution in [0.3, 0.4) is 0 Å². The maximum atomic E-state index is 13.8. The molecule has 0 saturated carbocycles. The van der Waals surface area contributed by atoms with Gasteiger partial charge in [-0.05, 0) is 49.7 Å². The minimum absolute atomic E-state index is 0.232. The number of aromatic nitrogens is 1. The van der Waals surface area contributed by atoms with Crippen molar-refractivity contribution in [2.24, 2.45) is 5.92 Å². The molecule has 2 aromatic rings. The molecule has 0 atom stereocenters. The molecule has 0 spiro atoms. The van der Waals surface area contributed by atoms with Gasteiger partial charge in [0.2, 0.25) is 0 Å². The summed E-state index contributed by atoms with van der Waals surface area (Å²) >= 11 is 0. The number of carboxylic acids is 1. The quantitative estimate of drug-likeness (QED) is 0.943. The molecule has 1 aromatic carbocycles. The topological polar surface area (TPSA) is 53.4 Å². The molecule has 1 aliphatic rings. The lowest BCUT2D eigenvalue weighted by atomic mass is 9.96. The van der Waals surface area contributed by atoms with Crippen molar-refractivity contribution in [3.8, 4) is 0 Å². The van der Waals surface area contributed by atoms with Gasteiger partial charge in [0.1, 0.15) is 5.82 Å². The lowest BCUT2D eigenvalue weighted by molar-refractivity contribution is -0.143. The Morgan fingerprint density at radius 2 is 2.10 bits per heavy atom. The van der Waals surface area contributed by atoms with Gasteiger partial charge in [-0.15, -0.1) is 0 Å². The van der Waals surface area contributed by atoms with E-state index in [-0.39, 0.29) is 11.7 Å². The molecule has 0 amide bonds. The molecule has 1 aromatic heterocycles. The summed E-state index contributed by atoms with van der Waals surface area (Å²) in [6, 6.07) is 6.71. The largest absolute Gasteiger partial charge is 0.481 e. The van der Waals surface area contributed by atoms with Crippen molar-refractivity contribution in [3.63, 3.8) is 0 Å². The molecule has 21 heavy (non-hydrogen) atoms. The highest BCUT2D eigenvalue weighted by Crippen LogP contribution is 2.23. The van der Waals surface area contributed by atoms with Gasteiger partial charge in [-0.2, -0.15) is 0 Å². The predicted octanol–water partition coefficient (Wildman–Crippen LogP) is 2.67. The molecule has 0 aliphatic carbocycles. The van der Waals surface area contributed by atoms with E-state index in [2.05, 4.69) is 9.88 Å². The summed E-state index contributed by atoms with van der Waals surface area (Å²) in [6.45, 7) is 2.19. The van der Waals surface area contributed by atoms with Gasteiger partial charge >= 0.3 is 5.97 Å². The zero-order chi connectivity index (χ0) is 14.8. The fourth-order valence-corrected chi connectivity index (χ4v) is 2.90. The number of hydrogen-bond acceptors (Lipinski definition) is 3. The number of halogens is 1. The average Bonchev–Trinajstić information content (AvgIpc) is 2.51. The summed E-state index contributed by atoms with van der Waals surface area (Å²) in [4.78, 5) is 17.5. The molecule has 0 bridgehead atoms. The number of piperidine rings is 1. The van der Waals surface area contributed by atoms with Gasteiger partial charge < -0.3 is 5.11 Å². The van der Waals surface area contributed by atoms with Crippen LogP contribution in [0.4, 0.5) is 4.39 Å². The van der Waals surface area contributed by atoms with Gasteiger partial charge in [0.15, 0.2) is 0 Å². The number of aliphatic carboxylic acids is 1. The van der Waals surface area contributed by atoms with Crippen LogP contribution < -0.4 is 0 Å². The molecule has 1 saturated heterocycles. The molecule has 0 unspecified atom stereocenters. The predicted molar refractivity (Wildman–Crippen MR) is 77.3 cm³/mol. The van der Waals surface area contributed by atoms with E-state index in [9.17, 15) is 9.18 Å². The molecule has 3 rings (SSSR count). The van der Waals surface area contributed by atoms with Crippen molar-refractivity contribution in [3.05, 3.63) is 41.8 Å². The number of hydrogen-bond donors (Lipinski definition) is 1. The zero-order valence-corrected chi connectivity index (χ0v) is 11.6. The van der Waals surface area contributed by atoms with E-state index in [1.165, 1.54) is 6.07 Å². The summed E-state index contributed by atoms with van der Waals surface area (Å²) in [5, 5.41) is 9.55. The first kappa shape index (κ1) is 13.9. The number of pyridine rings is 1. The smallest absolute Gasteiger partial charge is 0.306 e. The van der Waals surface area contributed by atoms with Crippen LogP contribution in [0, 0.1) is 11.7 Å². The third-order valence-electron chi connectivity index (χ3n) is 4.13. The number of nitrogens with zero attached hydrogens (tertiary/aromatic N) is 2. The van der Waals surface area contributed by atoms with Crippen molar-refractivity contribution in [2.75, 3.05) is 13.1 Å². The average molecular weight is 288 g/mol. The van der Waals surface area contributed by atoms with Crippen LogP contribution in [0.25, 0.3) is 10.9 Å². The van der Waals surface area contributed by atoms with Gasteiger partial charge in [0, 0.05) is 18.1 Å². The van der Waals surface area contributed by atoms with E-state index in [1.54, 1.807) is 24.4 Å². The standard InChI is InChI=1S/C16H17FN2O2/c17-14-4-3-12(15-13(14)2-1-7-18-15)10-19-8-5-11(6-9-19)16(20)21/h1-4,7,11H,5-6,8-10H2,(H,20,21). The third kappa shape index (κ3) is 2.88. The van der Waals surface area contributed by atoms with Crippen LogP contribution in [0.5, 0.6) is 0 Å². The summed E-state index contributed by atoms with van der Waals surface area (Å²) < 4.78 is 13.8. The summed E-state index contributed by atoms with van der Waals surface area (Å²) in [5.74, 6) is -1.20. The Balaban J connectivity index is 1.77. The van der Waals surface area contributed by atoms with Crippen molar-refractivity contribution in [1.29, 1.82) is 0 Å². The second kappa shape index (κ2) is 5.77. The lowest BCUT2D eigenvalue weighted by Gasteiger charge is -2.30. The summed E-state index contributed by atoms with van der Waals surface area (Å²) in [7, 11) is 0. The Kier molecular flexibility index (Phi) is 3.84. The van der Waals surface area contributed by atoms with Crippen LogP contribution >= 0.6 is 0 Å². The maximum absolute atomic E-state index is 13.8. The number of benzene rings is 1. The van der Waals surface area contributed by atoms with Crippen LogP contribution in [0.1, 0.15) is 18.4 Å². The van der Waals surface area contributed by atoms with E-state index in [0.717, 1.165) is 18.7 Å². The van der Waals surface area contributed by atoms with Gasteiger partial charge in [0.05, 0.1) is 11.4 Å². The summed E-state index contributed by atoms with van der Waals surface area (Å²) in [6.07, 6.45) is 3.01. The Labute approximate surface area is 122 Å². The van der Waals surface area contributed by atoms with Crippen LogP contribution in [0.15, 0.2) is 30.5 Å². The molecule has 5 heteroatoms. The fourth-order valence-electron chi connectivity index (χ4n) is 2.90. The van der Waals surface area contributed by atoms with Gasteiger partial charge in [-0.25, -0.2) is 4.39 Å². The Morgan fingerprint density at radius 1 is 1.33 bits per heavy atom. The highest BCUT2D eigenvalue weighted by atomic mass is 19.1. The highest BCUT2D eigenvalue weighted by Gasteiger charge is 2.24. The molecular weight excluding hydrogens is 271 g/mol. The molecule has 1 aliphatic heterocycles. The van der Waals surface area contributed by atoms with Crippen molar-refractivity contribution in [2.45, 2.75) is 19.4 Å². The Morgan fingerprint density at radius 3 is 2.81 bits per heavy atom. The van der Waals surface area contributed by atoms with Crippen LogP contribution in [-0.4, -0.2) is 34.0 Å². The Hall–Kier alpha value is -2.01. The van der Waals surface area contributed by atoms with Gasteiger partial charge in [-0.3, -0.25) is 14.7 Å². The van der Waals surface area contributed by atoms with Crippen molar-refractivity contribution >= 4 is 16.9 Å². The minimum Gasteiger partial charge on any atom is -0.481 e. The number of rotatable bonds is 3. The van der Waals surface area contributed by atoms with E-state index in [1.807, 2.05) is 0 Å². The lowest BCUT2D eigenvalue weighted by Crippen LogP contribution is -2.35. The third-order valence-corrected chi connectivity index (χ3v) is 4.13. The van der Waals surface area contributed by atoms with E-state index < -0.39 is 5.97 Å². The van der Waals surface area contributed by atoms with Crippen molar-refractivity contribution < 1.29 is 14.3 Å². The zero-order valence-electron chi connectivity index (χ0n) is 11.6. The molecule has 1 fully saturated rings. The molecule has 2 heterocycles. The number of likely N-dealkylation sites (tertiary alicyclic amines) is 1. The number of fused-ring (bicyclic) bond motifs is 1. The highest BCUT2D eigenvalue weighted by molar-refractivity contribution is 5.82. The molecular formula is C16H17FN2O2. The summed E-state index contributed by atoms with van der Waals surface area (Å²) in [5.41, 5.74) is 1.68. The minimum atomic E-state index is -0.705. The van der Waals surface area contributed by atoms with Crippen LogP contribution in [-0.2, 0) is 11.3 Å². The van der Waals surface area contributed by atoms with Gasteiger partial charge in [0.25, 0.3) is 0 Å². The normalized spacial score (nSPS) is 17.2. The monoisotopic (exact) mass is 288 g/mol. The van der Waals surface area contributed by atoms with E-state index in [4.69, 9.17) is 5.11 Å². The van der Waals surface area contributed by atoms with E-state index >= 15 is 0 Å². The molecule has 1 N–H and O–H groups in total. The number of carbonyl (C=O) groups is 1. The second-order valence-corrected chi connectivity index (χ2v) is 5.49.